The molecule has 1 fully saturated rings. The van der Waals surface area contributed by atoms with Crippen LogP contribution < -0.4 is 15.1 Å². The van der Waals surface area contributed by atoms with Crippen molar-refractivity contribution in [1.29, 1.82) is 0 Å². The number of anilines is 2. The Morgan fingerprint density at radius 3 is 2.36 bits per heavy atom. The van der Waals surface area contributed by atoms with Crippen LogP contribution in [0.15, 0.2) is 29.0 Å². The number of aryl methyl sites for hydroxylation is 1. The van der Waals surface area contributed by atoms with Gasteiger partial charge in [-0.05, 0) is 46.6 Å². The Bertz CT molecular complexity index is 1470. The maximum atomic E-state index is 14.6. The van der Waals surface area contributed by atoms with Crippen molar-refractivity contribution in [3.05, 3.63) is 58.9 Å². The van der Waals surface area contributed by atoms with Gasteiger partial charge in [0.1, 0.15) is 11.4 Å². The summed E-state index contributed by atoms with van der Waals surface area (Å²) in [6.45, 7) is 9.93. The smallest absolute Gasteiger partial charge is 0.407 e. The van der Waals surface area contributed by atoms with Crippen molar-refractivity contribution in [3.63, 3.8) is 0 Å². The van der Waals surface area contributed by atoms with Gasteiger partial charge >= 0.3 is 12.1 Å². The largest absolute Gasteiger partial charge is 0.444 e. The Kier molecular flexibility index (Phi) is 10.5. The molecule has 1 aliphatic heterocycles. The summed E-state index contributed by atoms with van der Waals surface area (Å²) in [4.78, 5) is 43.9. The lowest BCUT2D eigenvalue weighted by Gasteiger charge is -2.35. The summed E-state index contributed by atoms with van der Waals surface area (Å²) >= 11 is 0. The van der Waals surface area contributed by atoms with Crippen molar-refractivity contribution >= 4 is 24.0 Å². The predicted octanol–water partition coefficient (Wildman–Crippen LogP) is 4.50. The van der Waals surface area contributed by atoms with Gasteiger partial charge in [0.05, 0.1) is 5.56 Å². The third-order valence-corrected chi connectivity index (χ3v) is 7.25. The van der Waals surface area contributed by atoms with E-state index in [9.17, 15) is 22.8 Å². The Labute approximate surface area is 259 Å². The number of aromatic nitrogens is 4. The first-order valence-electron chi connectivity index (χ1n) is 14.8. The molecule has 0 bridgehead atoms. The van der Waals surface area contributed by atoms with Crippen LogP contribution in [0.2, 0.25) is 0 Å². The molecule has 12 nitrogen and oxygen atoms in total. The second-order valence-electron chi connectivity index (χ2n) is 12.0. The van der Waals surface area contributed by atoms with Crippen LogP contribution in [0.3, 0.4) is 0 Å². The molecular formula is C30H39F3N8O4. The van der Waals surface area contributed by atoms with Crippen molar-refractivity contribution in [3.8, 4) is 0 Å². The number of nitrogens with zero attached hydrogens (tertiary/aromatic N) is 7. The minimum atomic E-state index is -1.31. The molecule has 3 aromatic rings. The van der Waals surface area contributed by atoms with Crippen LogP contribution in [-0.2, 0) is 17.7 Å². The number of benzene rings is 1. The number of rotatable bonds is 10. The van der Waals surface area contributed by atoms with Gasteiger partial charge in [0.2, 0.25) is 5.95 Å². The van der Waals surface area contributed by atoms with Gasteiger partial charge in [-0.15, -0.1) is 0 Å². The molecule has 2 aromatic heterocycles. The number of hydrogen-bond donors (Lipinski definition) is 1. The summed E-state index contributed by atoms with van der Waals surface area (Å²) in [6, 6.07) is 1.14. The monoisotopic (exact) mass is 632 g/mol. The molecule has 1 aromatic carbocycles. The van der Waals surface area contributed by atoms with E-state index in [2.05, 4.69) is 25.4 Å². The van der Waals surface area contributed by atoms with Crippen molar-refractivity contribution in [2.24, 2.45) is 0 Å². The van der Waals surface area contributed by atoms with Crippen LogP contribution in [-0.4, -0.2) is 81.4 Å². The van der Waals surface area contributed by atoms with E-state index in [1.807, 2.05) is 11.8 Å². The zero-order chi connectivity index (χ0) is 32.9. The van der Waals surface area contributed by atoms with Crippen molar-refractivity contribution in [2.45, 2.75) is 78.1 Å². The number of hydrogen-bond acceptors (Lipinski definition) is 10. The standard InChI is InChI=1S/C30H39F3N8O4/c1-7-25-37-28(45-38-25)40-10-8-21(9-11-40)39(6)26(42)20-14-34-27(35-15-20)41(16-18(2)36-29(43)44-30(3,4)5)17-19-12-23(32)24(33)13-22(19)31/h12-15,18,21H,7-11,16-17H2,1-6H3,(H,36,43). The molecule has 0 aliphatic carbocycles. The van der Waals surface area contributed by atoms with Crippen LogP contribution in [0.1, 0.15) is 69.2 Å². The number of piperidine rings is 1. The first-order valence-corrected chi connectivity index (χ1v) is 14.8. The minimum absolute atomic E-state index is 0.0328. The number of alkyl carbamates (subject to hydrolysis) is 1. The Morgan fingerprint density at radius 1 is 1.11 bits per heavy atom. The fourth-order valence-corrected chi connectivity index (χ4v) is 4.92. The Hall–Kier alpha value is -4.43. The molecule has 4 rings (SSSR count). The number of carbonyl (C=O) groups excluding carboxylic acids is 2. The minimum Gasteiger partial charge on any atom is -0.444 e. The van der Waals surface area contributed by atoms with E-state index in [4.69, 9.17) is 9.26 Å². The predicted molar refractivity (Wildman–Crippen MR) is 159 cm³/mol. The fourth-order valence-electron chi connectivity index (χ4n) is 4.92. The van der Waals surface area contributed by atoms with Crippen molar-refractivity contribution in [2.75, 3.05) is 36.5 Å². The highest BCUT2D eigenvalue weighted by molar-refractivity contribution is 5.93. The highest BCUT2D eigenvalue weighted by atomic mass is 19.2. The average Bonchev–Trinajstić information content (AvgIpc) is 3.47. The molecule has 1 aliphatic rings. The van der Waals surface area contributed by atoms with Crippen molar-refractivity contribution in [1.82, 2.24) is 30.3 Å². The molecule has 244 valence electrons. The fraction of sp³-hybridized carbons (Fsp3) is 0.533. The molecular weight excluding hydrogens is 593 g/mol. The summed E-state index contributed by atoms with van der Waals surface area (Å²) in [5, 5.41) is 6.64. The van der Waals surface area contributed by atoms with Crippen LogP contribution in [0.4, 0.5) is 29.9 Å². The van der Waals surface area contributed by atoms with E-state index in [1.54, 1.807) is 39.6 Å². The zero-order valence-corrected chi connectivity index (χ0v) is 26.3. The maximum Gasteiger partial charge on any atom is 0.407 e. The van der Waals surface area contributed by atoms with Gasteiger partial charge in [-0.2, -0.15) is 4.98 Å². The number of carbonyl (C=O) groups is 2. The third kappa shape index (κ3) is 8.82. The molecule has 1 unspecified atom stereocenters. The Balaban J connectivity index is 1.45. The molecule has 45 heavy (non-hydrogen) atoms. The SMILES string of the molecule is CCc1noc(N2CCC(N(C)C(=O)c3cnc(N(Cc4cc(F)c(F)cc4F)CC(C)NC(=O)OC(C)(C)C)nc3)CC2)n1. The van der Waals surface area contributed by atoms with Gasteiger partial charge in [0.15, 0.2) is 17.5 Å². The normalized spacial score (nSPS) is 14.6. The molecule has 0 saturated carbocycles. The van der Waals surface area contributed by atoms with Crippen LogP contribution >= 0.6 is 0 Å². The summed E-state index contributed by atoms with van der Waals surface area (Å²) in [6.07, 6.45) is 4.14. The maximum absolute atomic E-state index is 14.6. The lowest BCUT2D eigenvalue weighted by atomic mass is 10.0. The topological polar surface area (TPSA) is 130 Å². The number of nitrogens with one attached hydrogen (secondary N) is 1. The van der Waals surface area contributed by atoms with E-state index >= 15 is 0 Å². The quantitative estimate of drug-likeness (QED) is 0.319. The van der Waals surface area contributed by atoms with Gasteiger partial charge < -0.3 is 29.3 Å². The summed E-state index contributed by atoms with van der Waals surface area (Å²) in [5.41, 5.74) is -0.618. The average molecular weight is 633 g/mol. The third-order valence-electron chi connectivity index (χ3n) is 7.25. The Morgan fingerprint density at radius 2 is 1.76 bits per heavy atom. The van der Waals surface area contributed by atoms with E-state index in [-0.39, 0.29) is 42.1 Å². The highest BCUT2D eigenvalue weighted by Crippen LogP contribution is 2.23. The first-order chi connectivity index (χ1) is 21.2. The number of amides is 2. The van der Waals surface area contributed by atoms with E-state index in [0.717, 1.165) is 6.07 Å². The molecule has 2 amide bonds. The molecule has 1 N–H and O–H groups in total. The molecule has 1 saturated heterocycles. The van der Waals surface area contributed by atoms with Gasteiger partial charge in [0, 0.05) is 75.8 Å². The molecule has 0 spiro atoms. The zero-order valence-electron chi connectivity index (χ0n) is 26.3. The molecule has 15 heteroatoms. The first kappa shape index (κ1) is 33.5. The summed E-state index contributed by atoms with van der Waals surface area (Å²) < 4.78 is 52.8. The lowest BCUT2D eigenvalue weighted by molar-refractivity contribution is 0.0509. The molecule has 1 atom stereocenters. The second-order valence-corrected chi connectivity index (χ2v) is 12.0. The number of halogens is 3. The number of ether oxygens (including phenoxy) is 1. The van der Waals surface area contributed by atoms with E-state index in [0.29, 0.717) is 50.3 Å². The van der Waals surface area contributed by atoms with Crippen LogP contribution in [0.5, 0.6) is 0 Å². The van der Waals surface area contributed by atoms with E-state index in [1.165, 1.54) is 17.3 Å². The summed E-state index contributed by atoms with van der Waals surface area (Å²) in [7, 11) is 1.72. The van der Waals surface area contributed by atoms with Crippen molar-refractivity contribution < 1.29 is 32.0 Å². The highest BCUT2D eigenvalue weighted by Gasteiger charge is 2.29. The summed E-state index contributed by atoms with van der Waals surface area (Å²) in [5.74, 6) is -3.00. The lowest BCUT2D eigenvalue weighted by Crippen LogP contribution is -2.46. The van der Waals surface area contributed by atoms with Crippen LogP contribution in [0, 0.1) is 17.5 Å². The molecule has 0 radical (unpaired) electrons. The van der Waals surface area contributed by atoms with E-state index < -0.39 is 35.2 Å². The van der Waals surface area contributed by atoms with Gasteiger partial charge in [-0.3, -0.25) is 4.79 Å². The van der Waals surface area contributed by atoms with Gasteiger partial charge in [-0.25, -0.2) is 27.9 Å². The van der Waals surface area contributed by atoms with Gasteiger partial charge in [-0.1, -0.05) is 12.1 Å². The van der Waals surface area contributed by atoms with Gasteiger partial charge in [0.25, 0.3) is 5.91 Å². The molecule has 3 heterocycles. The second kappa shape index (κ2) is 14.1. The van der Waals surface area contributed by atoms with Crippen LogP contribution in [0.25, 0.3) is 0 Å².